The van der Waals surface area contributed by atoms with E-state index in [1.54, 1.807) is 0 Å². The molecule has 2 unspecified atom stereocenters. The van der Waals surface area contributed by atoms with Gasteiger partial charge in [-0.3, -0.25) is 9.69 Å². The molecule has 2 atom stereocenters. The van der Waals surface area contributed by atoms with Crippen LogP contribution < -0.4 is 11.1 Å². The molecule has 5 nitrogen and oxygen atoms in total. The topological polar surface area (TPSA) is 67.6 Å². The number of anilines is 1. The van der Waals surface area contributed by atoms with Crippen molar-refractivity contribution in [3.8, 4) is 0 Å². The number of hydrogen-bond donors (Lipinski definition) is 2. The number of hydrogen-bond acceptors (Lipinski definition) is 4. The van der Waals surface area contributed by atoms with Crippen molar-refractivity contribution in [3.05, 3.63) is 30.3 Å². The number of benzene rings is 1. The zero-order valence-corrected chi connectivity index (χ0v) is 11.2. The third-order valence-electron chi connectivity index (χ3n) is 3.46. The molecule has 0 spiro atoms. The Hall–Kier alpha value is -1.43. The van der Waals surface area contributed by atoms with E-state index in [0.29, 0.717) is 19.8 Å². The van der Waals surface area contributed by atoms with E-state index in [0.717, 1.165) is 12.2 Å². The smallest absolute Gasteiger partial charge is 0.241 e. The average Bonchev–Trinajstić information content (AvgIpc) is 2.47. The van der Waals surface area contributed by atoms with Crippen molar-refractivity contribution in [2.75, 3.05) is 31.6 Å². The fourth-order valence-electron chi connectivity index (χ4n) is 2.30. The molecule has 1 fully saturated rings. The van der Waals surface area contributed by atoms with Crippen molar-refractivity contribution in [2.45, 2.75) is 19.0 Å². The summed E-state index contributed by atoms with van der Waals surface area (Å²) in [4.78, 5) is 14.4. The Balaban J connectivity index is 1.98. The van der Waals surface area contributed by atoms with Crippen LogP contribution >= 0.6 is 0 Å². The van der Waals surface area contributed by atoms with E-state index in [2.05, 4.69) is 10.2 Å². The van der Waals surface area contributed by atoms with Crippen LogP contribution in [-0.4, -0.2) is 49.2 Å². The lowest BCUT2D eigenvalue weighted by atomic mass is 10.1. The molecule has 0 radical (unpaired) electrons. The second-order valence-corrected chi connectivity index (χ2v) is 4.73. The lowest BCUT2D eigenvalue weighted by Crippen LogP contribution is -2.56. The van der Waals surface area contributed by atoms with E-state index in [9.17, 15) is 4.79 Å². The number of nitrogens with two attached hydrogens (primary N) is 1. The maximum atomic E-state index is 12.2. The van der Waals surface area contributed by atoms with Crippen LogP contribution in [0.3, 0.4) is 0 Å². The lowest BCUT2D eigenvalue weighted by Gasteiger charge is -2.38. The summed E-state index contributed by atoms with van der Waals surface area (Å²) in [6, 6.07) is 9.39. The number of rotatable bonds is 4. The highest BCUT2D eigenvalue weighted by Crippen LogP contribution is 2.13. The molecule has 0 aromatic heterocycles. The molecule has 3 N–H and O–H groups in total. The zero-order valence-electron chi connectivity index (χ0n) is 11.2. The molecular weight excluding hydrogens is 242 g/mol. The Labute approximate surface area is 113 Å². The normalized spacial score (nSPS) is 21.9. The van der Waals surface area contributed by atoms with Gasteiger partial charge in [0.15, 0.2) is 0 Å². The van der Waals surface area contributed by atoms with Crippen LogP contribution in [0.15, 0.2) is 30.3 Å². The van der Waals surface area contributed by atoms with E-state index in [1.807, 2.05) is 37.3 Å². The van der Waals surface area contributed by atoms with Crippen LogP contribution in [-0.2, 0) is 9.53 Å². The number of carbonyl (C=O) groups is 1. The summed E-state index contributed by atoms with van der Waals surface area (Å²) in [5.74, 6) is -0.00782. The van der Waals surface area contributed by atoms with Gasteiger partial charge in [0.1, 0.15) is 0 Å². The number of amides is 1. The van der Waals surface area contributed by atoms with Crippen molar-refractivity contribution >= 4 is 11.6 Å². The zero-order chi connectivity index (χ0) is 13.7. The molecule has 0 aliphatic carbocycles. The Kier molecular flexibility index (Phi) is 4.90. The van der Waals surface area contributed by atoms with E-state index in [1.165, 1.54) is 0 Å². The highest BCUT2D eigenvalue weighted by atomic mass is 16.5. The molecule has 1 aromatic carbocycles. The van der Waals surface area contributed by atoms with E-state index in [4.69, 9.17) is 10.5 Å². The van der Waals surface area contributed by atoms with Gasteiger partial charge in [-0.05, 0) is 19.1 Å². The highest BCUT2D eigenvalue weighted by molar-refractivity contribution is 5.94. The minimum atomic E-state index is -0.211. The summed E-state index contributed by atoms with van der Waals surface area (Å²) in [5.41, 5.74) is 6.55. The standard InChI is InChI=1S/C14H21N3O2/c1-11(17-7-8-19-10-13(17)9-15)14(18)16-12-5-3-2-4-6-12/h2-6,11,13H,7-10,15H2,1H3,(H,16,18). The second-order valence-electron chi connectivity index (χ2n) is 4.73. The molecule has 0 saturated carbocycles. The van der Waals surface area contributed by atoms with Crippen LogP contribution in [0, 0.1) is 0 Å². The predicted molar refractivity (Wildman–Crippen MR) is 74.9 cm³/mol. The molecule has 5 heteroatoms. The first-order valence-electron chi connectivity index (χ1n) is 6.62. The monoisotopic (exact) mass is 263 g/mol. The summed E-state index contributed by atoms with van der Waals surface area (Å²) in [6.07, 6.45) is 0. The molecule has 1 aliphatic heterocycles. The first kappa shape index (κ1) is 14.0. The first-order chi connectivity index (χ1) is 9.22. The Bertz CT molecular complexity index is 410. The van der Waals surface area contributed by atoms with Crippen LogP contribution in [0.5, 0.6) is 0 Å². The predicted octanol–water partition coefficient (Wildman–Crippen LogP) is 0.673. The second kappa shape index (κ2) is 6.65. The number of para-hydroxylation sites is 1. The molecule has 1 saturated heterocycles. The summed E-state index contributed by atoms with van der Waals surface area (Å²) < 4.78 is 5.40. The van der Waals surface area contributed by atoms with Crippen LogP contribution in [0.1, 0.15) is 6.92 Å². The van der Waals surface area contributed by atoms with E-state index < -0.39 is 0 Å². The van der Waals surface area contributed by atoms with Gasteiger partial charge >= 0.3 is 0 Å². The fourth-order valence-corrected chi connectivity index (χ4v) is 2.30. The van der Waals surface area contributed by atoms with E-state index >= 15 is 0 Å². The average molecular weight is 263 g/mol. The number of carbonyl (C=O) groups excluding carboxylic acids is 1. The number of morpholine rings is 1. The third-order valence-corrected chi connectivity index (χ3v) is 3.46. The summed E-state index contributed by atoms with van der Waals surface area (Å²) in [7, 11) is 0. The summed E-state index contributed by atoms with van der Waals surface area (Å²) in [6.45, 7) is 4.40. The number of nitrogens with one attached hydrogen (secondary N) is 1. The minimum absolute atomic E-state index is 0.00782. The van der Waals surface area contributed by atoms with Crippen molar-refractivity contribution in [1.82, 2.24) is 4.90 Å². The SMILES string of the molecule is CC(C(=O)Nc1ccccc1)N1CCOCC1CN. The van der Waals surface area contributed by atoms with Crippen molar-refractivity contribution < 1.29 is 9.53 Å². The lowest BCUT2D eigenvalue weighted by molar-refractivity contribution is -0.124. The van der Waals surface area contributed by atoms with Crippen molar-refractivity contribution in [3.63, 3.8) is 0 Å². The molecule has 1 aliphatic rings. The maximum Gasteiger partial charge on any atom is 0.241 e. The Morgan fingerprint density at radius 2 is 2.26 bits per heavy atom. The quantitative estimate of drug-likeness (QED) is 0.838. The number of nitrogens with zero attached hydrogens (tertiary/aromatic N) is 1. The number of ether oxygens (including phenoxy) is 1. The Morgan fingerprint density at radius 3 is 2.95 bits per heavy atom. The van der Waals surface area contributed by atoms with Gasteiger partial charge in [0.2, 0.25) is 5.91 Å². The molecule has 1 aromatic rings. The van der Waals surface area contributed by atoms with Crippen LogP contribution in [0.25, 0.3) is 0 Å². The molecule has 1 amide bonds. The fraction of sp³-hybridized carbons (Fsp3) is 0.500. The maximum absolute atomic E-state index is 12.2. The first-order valence-corrected chi connectivity index (χ1v) is 6.62. The van der Waals surface area contributed by atoms with Crippen molar-refractivity contribution in [1.29, 1.82) is 0 Å². The van der Waals surface area contributed by atoms with E-state index in [-0.39, 0.29) is 18.0 Å². The molecule has 1 heterocycles. The van der Waals surface area contributed by atoms with Gasteiger partial charge in [0, 0.05) is 24.8 Å². The molecule has 2 rings (SSSR count). The summed E-state index contributed by atoms with van der Waals surface area (Å²) in [5, 5.41) is 2.92. The van der Waals surface area contributed by atoms with Gasteiger partial charge in [-0.15, -0.1) is 0 Å². The molecule has 104 valence electrons. The largest absolute Gasteiger partial charge is 0.378 e. The van der Waals surface area contributed by atoms with Gasteiger partial charge in [0.25, 0.3) is 0 Å². The van der Waals surface area contributed by atoms with Gasteiger partial charge < -0.3 is 15.8 Å². The highest BCUT2D eigenvalue weighted by Gasteiger charge is 2.29. The van der Waals surface area contributed by atoms with Crippen LogP contribution in [0.4, 0.5) is 5.69 Å². The van der Waals surface area contributed by atoms with Gasteiger partial charge in [-0.25, -0.2) is 0 Å². The van der Waals surface area contributed by atoms with Gasteiger partial charge in [-0.2, -0.15) is 0 Å². The third kappa shape index (κ3) is 3.53. The van der Waals surface area contributed by atoms with Gasteiger partial charge in [0.05, 0.1) is 19.3 Å². The minimum Gasteiger partial charge on any atom is -0.378 e. The summed E-state index contributed by atoms with van der Waals surface area (Å²) >= 11 is 0. The molecular formula is C14H21N3O2. The van der Waals surface area contributed by atoms with Crippen molar-refractivity contribution in [2.24, 2.45) is 5.73 Å². The Morgan fingerprint density at radius 1 is 1.53 bits per heavy atom. The van der Waals surface area contributed by atoms with Crippen LogP contribution in [0.2, 0.25) is 0 Å². The van der Waals surface area contributed by atoms with Gasteiger partial charge in [-0.1, -0.05) is 18.2 Å². The molecule has 0 bridgehead atoms. The molecule has 19 heavy (non-hydrogen) atoms.